The molecule has 0 spiro atoms. The van der Waals surface area contributed by atoms with Gasteiger partial charge in [-0.3, -0.25) is 9.69 Å². The molecular formula is C11H23N3O2. The first kappa shape index (κ1) is 13.4. The largest absolute Gasteiger partial charge is 0.480 e. The van der Waals surface area contributed by atoms with Gasteiger partial charge in [0.1, 0.15) is 6.04 Å². The minimum atomic E-state index is -0.910. The highest BCUT2D eigenvalue weighted by atomic mass is 16.4. The summed E-state index contributed by atoms with van der Waals surface area (Å²) in [5.41, 5.74) is 5.60. The van der Waals surface area contributed by atoms with E-state index in [2.05, 4.69) is 23.8 Å². The summed E-state index contributed by atoms with van der Waals surface area (Å²) in [6, 6.07) is -0.338. The van der Waals surface area contributed by atoms with Gasteiger partial charge in [-0.1, -0.05) is 6.92 Å². The van der Waals surface area contributed by atoms with Crippen LogP contribution >= 0.6 is 0 Å². The SMILES string of the molecule is CCC1CN(C)CCCN1CC(N)C(=O)O. The second kappa shape index (κ2) is 6.18. The van der Waals surface area contributed by atoms with Crippen LogP contribution in [0.4, 0.5) is 0 Å². The predicted octanol–water partition coefficient (Wildman–Crippen LogP) is -0.186. The molecule has 0 radical (unpaired) electrons. The van der Waals surface area contributed by atoms with Crippen LogP contribution < -0.4 is 5.73 Å². The van der Waals surface area contributed by atoms with Gasteiger partial charge in [0, 0.05) is 19.1 Å². The van der Waals surface area contributed by atoms with Crippen molar-refractivity contribution in [3.05, 3.63) is 0 Å². The molecule has 3 N–H and O–H groups in total. The van der Waals surface area contributed by atoms with Gasteiger partial charge in [0.15, 0.2) is 0 Å². The van der Waals surface area contributed by atoms with Crippen LogP contribution in [0.5, 0.6) is 0 Å². The van der Waals surface area contributed by atoms with E-state index in [1.54, 1.807) is 0 Å². The quantitative estimate of drug-likeness (QED) is 0.699. The molecule has 2 unspecified atom stereocenters. The zero-order chi connectivity index (χ0) is 12.1. The molecule has 0 amide bonds. The van der Waals surface area contributed by atoms with Crippen LogP contribution in [0.1, 0.15) is 19.8 Å². The van der Waals surface area contributed by atoms with Crippen LogP contribution in [0, 0.1) is 0 Å². The van der Waals surface area contributed by atoms with E-state index in [0.717, 1.165) is 32.5 Å². The summed E-state index contributed by atoms with van der Waals surface area (Å²) in [5, 5.41) is 8.83. The van der Waals surface area contributed by atoms with E-state index in [9.17, 15) is 4.79 Å². The van der Waals surface area contributed by atoms with Gasteiger partial charge in [0.05, 0.1) is 0 Å². The molecule has 0 aromatic heterocycles. The van der Waals surface area contributed by atoms with Gasteiger partial charge in [-0.2, -0.15) is 0 Å². The summed E-state index contributed by atoms with van der Waals surface area (Å²) in [7, 11) is 2.11. The highest BCUT2D eigenvalue weighted by molar-refractivity contribution is 5.73. The van der Waals surface area contributed by atoms with Crippen molar-refractivity contribution in [1.82, 2.24) is 9.80 Å². The number of nitrogens with zero attached hydrogens (tertiary/aromatic N) is 2. The molecule has 1 aliphatic heterocycles. The number of nitrogens with two attached hydrogens (primary N) is 1. The molecule has 1 aliphatic rings. The van der Waals surface area contributed by atoms with Crippen molar-refractivity contribution in [3.8, 4) is 0 Å². The Morgan fingerprint density at radius 2 is 2.25 bits per heavy atom. The third kappa shape index (κ3) is 3.73. The maximum atomic E-state index is 10.8. The Kier molecular flexibility index (Phi) is 5.18. The Balaban J connectivity index is 2.57. The minimum absolute atomic E-state index is 0.429. The fourth-order valence-electron chi connectivity index (χ4n) is 2.25. The highest BCUT2D eigenvalue weighted by Gasteiger charge is 2.25. The van der Waals surface area contributed by atoms with Crippen LogP contribution in [0.25, 0.3) is 0 Å². The van der Waals surface area contributed by atoms with Crippen molar-refractivity contribution >= 4 is 5.97 Å². The van der Waals surface area contributed by atoms with Crippen LogP contribution in [-0.4, -0.2) is 66.2 Å². The van der Waals surface area contributed by atoms with Crippen molar-refractivity contribution in [3.63, 3.8) is 0 Å². The molecule has 94 valence electrons. The maximum absolute atomic E-state index is 10.8. The lowest BCUT2D eigenvalue weighted by Crippen LogP contribution is -2.48. The molecule has 5 heteroatoms. The molecule has 0 aromatic rings. The van der Waals surface area contributed by atoms with Gasteiger partial charge in [-0.15, -0.1) is 0 Å². The summed E-state index contributed by atoms with van der Waals surface area (Å²) in [4.78, 5) is 15.3. The van der Waals surface area contributed by atoms with Crippen molar-refractivity contribution in [2.75, 3.05) is 33.2 Å². The molecule has 1 fully saturated rings. The number of carboxylic acids is 1. The summed E-state index contributed by atoms with van der Waals surface area (Å²) in [6.45, 7) is 5.63. The van der Waals surface area contributed by atoms with Crippen molar-refractivity contribution in [2.24, 2.45) is 5.73 Å². The first-order chi connectivity index (χ1) is 7.54. The molecule has 0 aliphatic carbocycles. The van der Waals surface area contributed by atoms with E-state index < -0.39 is 12.0 Å². The van der Waals surface area contributed by atoms with Crippen LogP contribution in [0.3, 0.4) is 0 Å². The Morgan fingerprint density at radius 3 is 2.81 bits per heavy atom. The average molecular weight is 229 g/mol. The molecule has 2 atom stereocenters. The Morgan fingerprint density at radius 1 is 1.56 bits per heavy atom. The Hall–Kier alpha value is -0.650. The van der Waals surface area contributed by atoms with E-state index in [4.69, 9.17) is 10.8 Å². The van der Waals surface area contributed by atoms with Gasteiger partial charge < -0.3 is 15.7 Å². The fourth-order valence-corrected chi connectivity index (χ4v) is 2.25. The second-order valence-corrected chi connectivity index (χ2v) is 4.62. The van der Waals surface area contributed by atoms with Gasteiger partial charge in [0.2, 0.25) is 0 Å². The average Bonchev–Trinajstić information content (AvgIpc) is 2.40. The molecule has 0 bridgehead atoms. The van der Waals surface area contributed by atoms with Gasteiger partial charge in [0.25, 0.3) is 0 Å². The van der Waals surface area contributed by atoms with Crippen LogP contribution in [0.15, 0.2) is 0 Å². The topological polar surface area (TPSA) is 69.8 Å². The second-order valence-electron chi connectivity index (χ2n) is 4.62. The normalized spacial score (nSPS) is 26.3. The lowest BCUT2D eigenvalue weighted by atomic mass is 10.1. The van der Waals surface area contributed by atoms with Gasteiger partial charge in [-0.25, -0.2) is 0 Å². The van der Waals surface area contributed by atoms with Crippen molar-refractivity contribution in [2.45, 2.75) is 31.8 Å². The molecule has 0 aromatic carbocycles. The Bertz CT molecular complexity index is 235. The number of aliphatic carboxylic acids is 1. The van der Waals surface area contributed by atoms with E-state index >= 15 is 0 Å². The van der Waals surface area contributed by atoms with Gasteiger partial charge >= 0.3 is 5.97 Å². The van der Waals surface area contributed by atoms with E-state index in [1.807, 2.05) is 0 Å². The smallest absolute Gasteiger partial charge is 0.321 e. The number of carbonyl (C=O) groups is 1. The number of rotatable bonds is 4. The molecule has 1 saturated heterocycles. The van der Waals surface area contributed by atoms with Crippen LogP contribution in [-0.2, 0) is 4.79 Å². The van der Waals surface area contributed by atoms with Crippen molar-refractivity contribution in [1.29, 1.82) is 0 Å². The van der Waals surface area contributed by atoms with Crippen LogP contribution in [0.2, 0.25) is 0 Å². The lowest BCUT2D eigenvalue weighted by molar-refractivity contribution is -0.139. The number of likely N-dealkylation sites (N-methyl/N-ethyl adjacent to an activating group) is 1. The standard InChI is InChI=1S/C11H23N3O2/c1-3-9-7-13(2)5-4-6-14(9)8-10(12)11(15)16/h9-10H,3-8,12H2,1-2H3,(H,15,16). The summed E-state index contributed by atoms with van der Waals surface area (Å²) < 4.78 is 0. The van der Waals surface area contributed by atoms with E-state index in [0.29, 0.717) is 12.6 Å². The third-order valence-electron chi connectivity index (χ3n) is 3.24. The Labute approximate surface area is 97.2 Å². The third-order valence-corrected chi connectivity index (χ3v) is 3.24. The molecule has 1 heterocycles. The van der Waals surface area contributed by atoms with E-state index in [1.165, 1.54) is 0 Å². The molecule has 1 rings (SSSR count). The highest BCUT2D eigenvalue weighted by Crippen LogP contribution is 2.12. The summed E-state index contributed by atoms with van der Waals surface area (Å²) in [6.07, 6.45) is 2.12. The predicted molar refractivity (Wildman–Crippen MR) is 63.4 cm³/mol. The summed E-state index contributed by atoms with van der Waals surface area (Å²) in [5.74, 6) is -0.910. The zero-order valence-electron chi connectivity index (χ0n) is 10.2. The monoisotopic (exact) mass is 229 g/mol. The summed E-state index contributed by atoms with van der Waals surface area (Å²) >= 11 is 0. The number of hydrogen-bond acceptors (Lipinski definition) is 4. The number of carboxylic acid groups (broad SMARTS) is 1. The fraction of sp³-hybridized carbons (Fsp3) is 0.909. The van der Waals surface area contributed by atoms with E-state index in [-0.39, 0.29) is 0 Å². The first-order valence-electron chi connectivity index (χ1n) is 5.95. The zero-order valence-corrected chi connectivity index (χ0v) is 10.2. The molecule has 16 heavy (non-hydrogen) atoms. The maximum Gasteiger partial charge on any atom is 0.321 e. The van der Waals surface area contributed by atoms with Crippen molar-refractivity contribution < 1.29 is 9.90 Å². The lowest BCUT2D eigenvalue weighted by Gasteiger charge is -2.31. The molecular weight excluding hydrogens is 206 g/mol. The van der Waals surface area contributed by atoms with Gasteiger partial charge in [-0.05, 0) is 33.0 Å². The first-order valence-corrected chi connectivity index (χ1v) is 5.95. The number of hydrogen-bond donors (Lipinski definition) is 2. The minimum Gasteiger partial charge on any atom is -0.480 e. The molecule has 0 saturated carbocycles. The molecule has 5 nitrogen and oxygen atoms in total.